The number of nitrogens with zero attached hydrogens (tertiary/aromatic N) is 3. The van der Waals surface area contributed by atoms with E-state index >= 15 is 0 Å². The molecule has 0 unspecified atom stereocenters. The van der Waals surface area contributed by atoms with Crippen LogP contribution >= 0.6 is 23.2 Å². The standard InChI is InChI=1S/C12H11Cl2N3O3/c1-7-15-17(10-4-3-8(13)5-9(10)14)12(19)16(7)6-11(18)20-2/h3-5H,6H2,1-2H3. The minimum absolute atomic E-state index is 0.202. The summed E-state index contributed by atoms with van der Waals surface area (Å²) in [4.78, 5) is 23.5. The molecule has 0 atom stereocenters. The normalized spacial score (nSPS) is 10.6. The first-order chi connectivity index (χ1) is 9.43. The van der Waals surface area contributed by atoms with Crippen LogP contribution in [0.5, 0.6) is 0 Å². The van der Waals surface area contributed by atoms with Crippen molar-refractivity contribution in [1.29, 1.82) is 0 Å². The lowest BCUT2D eigenvalue weighted by Gasteiger charge is -2.03. The minimum atomic E-state index is -0.531. The van der Waals surface area contributed by atoms with Gasteiger partial charge in [-0.05, 0) is 25.1 Å². The summed E-state index contributed by atoms with van der Waals surface area (Å²) in [5.41, 5.74) is -0.0788. The molecule has 106 valence electrons. The van der Waals surface area contributed by atoms with Crippen molar-refractivity contribution < 1.29 is 9.53 Å². The number of hydrogen-bond acceptors (Lipinski definition) is 4. The Labute approximate surface area is 124 Å². The third kappa shape index (κ3) is 2.71. The van der Waals surface area contributed by atoms with Crippen molar-refractivity contribution in [3.05, 3.63) is 44.6 Å². The van der Waals surface area contributed by atoms with Crippen molar-refractivity contribution in [2.45, 2.75) is 13.5 Å². The summed E-state index contributed by atoms with van der Waals surface area (Å²) in [6.07, 6.45) is 0. The highest BCUT2D eigenvalue weighted by Crippen LogP contribution is 2.22. The molecule has 0 spiro atoms. The van der Waals surface area contributed by atoms with Crippen LogP contribution in [-0.4, -0.2) is 27.4 Å². The van der Waals surface area contributed by atoms with Crippen LogP contribution in [0.3, 0.4) is 0 Å². The second kappa shape index (κ2) is 5.68. The Morgan fingerprint density at radius 1 is 1.40 bits per heavy atom. The van der Waals surface area contributed by atoms with E-state index in [9.17, 15) is 9.59 Å². The first-order valence-electron chi connectivity index (χ1n) is 5.62. The topological polar surface area (TPSA) is 66.1 Å². The second-order valence-corrected chi connectivity index (χ2v) is 4.84. The Morgan fingerprint density at radius 3 is 2.70 bits per heavy atom. The molecule has 0 saturated carbocycles. The van der Waals surface area contributed by atoms with E-state index in [2.05, 4.69) is 9.84 Å². The molecule has 6 nitrogen and oxygen atoms in total. The molecule has 0 N–H and O–H groups in total. The predicted molar refractivity (Wildman–Crippen MR) is 74.6 cm³/mol. The maximum absolute atomic E-state index is 12.2. The van der Waals surface area contributed by atoms with E-state index in [1.807, 2.05) is 0 Å². The molecule has 0 saturated heterocycles. The van der Waals surface area contributed by atoms with E-state index < -0.39 is 11.7 Å². The summed E-state index contributed by atoms with van der Waals surface area (Å²) in [6.45, 7) is 1.41. The summed E-state index contributed by atoms with van der Waals surface area (Å²) in [7, 11) is 1.25. The first-order valence-corrected chi connectivity index (χ1v) is 6.38. The number of hydrogen-bond donors (Lipinski definition) is 0. The molecular weight excluding hydrogens is 305 g/mol. The molecule has 0 fully saturated rings. The van der Waals surface area contributed by atoms with Gasteiger partial charge in [0.25, 0.3) is 0 Å². The van der Waals surface area contributed by atoms with Crippen LogP contribution in [0.1, 0.15) is 5.82 Å². The molecule has 0 radical (unpaired) electrons. The fraction of sp³-hybridized carbons (Fsp3) is 0.250. The third-order valence-electron chi connectivity index (χ3n) is 2.70. The minimum Gasteiger partial charge on any atom is -0.468 e. The van der Waals surface area contributed by atoms with Crippen molar-refractivity contribution in [3.8, 4) is 5.69 Å². The van der Waals surface area contributed by atoms with E-state index in [1.165, 1.54) is 17.7 Å². The lowest BCUT2D eigenvalue weighted by Crippen LogP contribution is -2.27. The van der Waals surface area contributed by atoms with Crippen LogP contribution in [0.25, 0.3) is 5.69 Å². The van der Waals surface area contributed by atoms with E-state index in [0.717, 1.165) is 4.68 Å². The molecule has 1 heterocycles. The van der Waals surface area contributed by atoms with Crippen LogP contribution in [0.15, 0.2) is 23.0 Å². The number of rotatable bonds is 3. The average molecular weight is 316 g/mol. The molecule has 0 bridgehead atoms. The van der Waals surface area contributed by atoms with Crippen LogP contribution < -0.4 is 5.69 Å². The number of aryl methyl sites for hydroxylation is 1. The molecule has 0 amide bonds. The van der Waals surface area contributed by atoms with Crippen LogP contribution in [-0.2, 0) is 16.1 Å². The zero-order chi connectivity index (χ0) is 14.9. The van der Waals surface area contributed by atoms with Gasteiger partial charge in [-0.1, -0.05) is 23.2 Å². The number of esters is 1. The molecule has 0 aliphatic heterocycles. The first kappa shape index (κ1) is 14.6. The monoisotopic (exact) mass is 315 g/mol. The number of benzene rings is 1. The fourth-order valence-corrected chi connectivity index (χ4v) is 2.17. The highest BCUT2D eigenvalue weighted by atomic mass is 35.5. The largest absolute Gasteiger partial charge is 0.468 e. The predicted octanol–water partition coefficient (Wildman–Crippen LogP) is 1.82. The van der Waals surface area contributed by atoms with Gasteiger partial charge in [-0.2, -0.15) is 9.78 Å². The Kier molecular flexibility index (Phi) is 4.15. The summed E-state index contributed by atoms with van der Waals surface area (Å²) in [6, 6.07) is 4.70. The van der Waals surface area contributed by atoms with Crippen molar-refractivity contribution in [2.24, 2.45) is 0 Å². The number of halogens is 2. The Hall–Kier alpha value is -1.79. The summed E-state index contributed by atoms with van der Waals surface area (Å²) < 4.78 is 6.87. The Bertz CT molecular complexity index is 721. The van der Waals surface area contributed by atoms with Gasteiger partial charge in [0.2, 0.25) is 0 Å². The van der Waals surface area contributed by atoms with E-state index in [4.69, 9.17) is 23.2 Å². The molecule has 2 aromatic rings. The smallest absolute Gasteiger partial charge is 0.351 e. The van der Waals surface area contributed by atoms with Crippen LogP contribution in [0, 0.1) is 6.92 Å². The number of methoxy groups -OCH3 is 1. The number of carbonyl (C=O) groups excluding carboxylic acids is 1. The highest BCUT2D eigenvalue weighted by molar-refractivity contribution is 6.35. The van der Waals surface area contributed by atoms with Crippen molar-refractivity contribution in [2.75, 3.05) is 7.11 Å². The van der Waals surface area contributed by atoms with E-state index in [-0.39, 0.29) is 6.54 Å². The third-order valence-corrected chi connectivity index (χ3v) is 3.24. The zero-order valence-corrected chi connectivity index (χ0v) is 12.3. The van der Waals surface area contributed by atoms with Crippen molar-refractivity contribution in [1.82, 2.24) is 14.3 Å². The fourth-order valence-electron chi connectivity index (χ4n) is 1.68. The van der Waals surface area contributed by atoms with Gasteiger partial charge in [0.15, 0.2) is 0 Å². The number of carbonyl (C=O) groups is 1. The lowest BCUT2D eigenvalue weighted by molar-refractivity contribution is -0.141. The molecular formula is C12H11Cl2N3O3. The Balaban J connectivity index is 2.51. The number of ether oxygens (including phenoxy) is 1. The van der Waals surface area contributed by atoms with Gasteiger partial charge < -0.3 is 4.74 Å². The summed E-state index contributed by atoms with van der Waals surface area (Å²) in [5.74, 6) is -0.150. The van der Waals surface area contributed by atoms with Gasteiger partial charge in [0.05, 0.1) is 17.8 Å². The molecule has 20 heavy (non-hydrogen) atoms. The van der Waals surface area contributed by atoms with Gasteiger partial charge in [0, 0.05) is 5.02 Å². The molecule has 2 rings (SSSR count). The maximum atomic E-state index is 12.2. The molecule has 1 aromatic heterocycles. The van der Waals surface area contributed by atoms with Gasteiger partial charge in [-0.25, -0.2) is 4.79 Å². The second-order valence-electron chi connectivity index (χ2n) is 4.00. The lowest BCUT2D eigenvalue weighted by atomic mass is 10.3. The molecule has 8 heteroatoms. The number of aromatic nitrogens is 3. The van der Waals surface area contributed by atoms with Crippen molar-refractivity contribution in [3.63, 3.8) is 0 Å². The van der Waals surface area contributed by atoms with E-state index in [0.29, 0.717) is 21.6 Å². The van der Waals surface area contributed by atoms with Gasteiger partial charge in [0.1, 0.15) is 12.4 Å². The van der Waals surface area contributed by atoms with Crippen LogP contribution in [0.2, 0.25) is 10.0 Å². The summed E-state index contributed by atoms with van der Waals surface area (Å²) >= 11 is 11.9. The maximum Gasteiger partial charge on any atom is 0.351 e. The zero-order valence-electron chi connectivity index (χ0n) is 10.8. The average Bonchev–Trinajstić information content (AvgIpc) is 2.66. The highest BCUT2D eigenvalue weighted by Gasteiger charge is 2.16. The van der Waals surface area contributed by atoms with Gasteiger partial charge >= 0.3 is 11.7 Å². The molecule has 1 aromatic carbocycles. The summed E-state index contributed by atoms with van der Waals surface area (Å²) in [5, 5.41) is 4.84. The van der Waals surface area contributed by atoms with Crippen LogP contribution in [0.4, 0.5) is 0 Å². The van der Waals surface area contributed by atoms with Gasteiger partial charge in [-0.15, -0.1) is 0 Å². The van der Waals surface area contributed by atoms with Crippen molar-refractivity contribution >= 4 is 29.2 Å². The molecule has 0 aliphatic carbocycles. The quantitative estimate of drug-likeness (QED) is 0.810. The van der Waals surface area contributed by atoms with E-state index in [1.54, 1.807) is 19.1 Å². The SMILES string of the molecule is COC(=O)Cn1c(C)nn(-c2ccc(Cl)cc2Cl)c1=O. The molecule has 0 aliphatic rings. The Morgan fingerprint density at radius 2 is 2.10 bits per heavy atom. The van der Waals surface area contributed by atoms with Gasteiger partial charge in [-0.3, -0.25) is 9.36 Å².